The summed E-state index contributed by atoms with van der Waals surface area (Å²) in [6, 6.07) is 65.7. The minimum Gasteiger partial charge on any atom is -0.455 e. The van der Waals surface area contributed by atoms with Crippen LogP contribution in [0.1, 0.15) is 0 Å². The molecule has 0 saturated heterocycles. The molecule has 0 unspecified atom stereocenters. The second kappa shape index (κ2) is 12.6. The average molecular weight is 702 g/mol. The van der Waals surface area contributed by atoms with Gasteiger partial charge in [-0.15, -0.1) is 0 Å². The summed E-state index contributed by atoms with van der Waals surface area (Å²) >= 11 is 0. The van der Waals surface area contributed by atoms with E-state index in [0.29, 0.717) is 17.5 Å². The third-order valence-electron chi connectivity index (χ3n) is 10.7. The van der Waals surface area contributed by atoms with Gasteiger partial charge in [0.2, 0.25) is 0 Å². The minimum atomic E-state index is 0.589. The quantitative estimate of drug-likeness (QED) is 0.179. The Morgan fingerprint density at radius 3 is 1.64 bits per heavy atom. The van der Waals surface area contributed by atoms with Crippen molar-refractivity contribution >= 4 is 54.3 Å². The van der Waals surface area contributed by atoms with E-state index in [-0.39, 0.29) is 0 Å². The van der Waals surface area contributed by atoms with Crippen molar-refractivity contribution in [2.75, 3.05) is 0 Å². The molecule has 9 aromatic carbocycles. The van der Waals surface area contributed by atoms with Gasteiger partial charge in [-0.1, -0.05) is 164 Å². The Kier molecular flexibility index (Phi) is 7.14. The minimum absolute atomic E-state index is 0.589. The molecule has 256 valence electrons. The molecule has 0 aliphatic rings. The number of hydrogen-bond donors (Lipinski definition) is 0. The molecule has 0 aliphatic heterocycles. The molecule has 4 heteroatoms. The first-order chi connectivity index (χ1) is 27.3. The molecule has 0 spiro atoms. The average Bonchev–Trinajstić information content (AvgIpc) is 3.66. The van der Waals surface area contributed by atoms with Gasteiger partial charge in [-0.2, -0.15) is 0 Å². The molecule has 11 rings (SSSR count). The first-order valence-corrected chi connectivity index (χ1v) is 18.5. The van der Waals surface area contributed by atoms with Crippen molar-refractivity contribution in [3.63, 3.8) is 0 Å². The molecule has 0 amide bonds. The second-order valence-corrected chi connectivity index (χ2v) is 13.9. The van der Waals surface area contributed by atoms with Crippen LogP contribution in [0.15, 0.2) is 192 Å². The molecule has 2 aromatic heterocycles. The topological polar surface area (TPSA) is 51.8 Å². The van der Waals surface area contributed by atoms with Crippen LogP contribution in [-0.4, -0.2) is 15.0 Å². The van der Waals surface area contributed by atoms with E-state index >= 15 is 0 Å². The van der Waals surface area contributed by atoms with E-state index in [1.807, 2.05) is 18.2 Å². The first-order valence-electron chi connectivity index (χ1n) is 18.5. The molecule has 0 saturated carbocycles. The molecule has 0 radical (unpaired) electrons. The summed E-state index contributed by atoms with van der Waals surface area (Å²) in [4.78, 5) is 16.0. The standard InChI is InChI=1S/C51H31N3O/c1-3-15-33(16-4-1)37-23-13-24-41-44(37)31-45(47-43-22-11-12-25-46(43)55-48(41)47)51-53-49(36-27-26-32-14-7-8-19-35(32)30-36)52-50(54-51)42-29-28-38(34-17-5-2-6-18-34)39-20-9-10-21-40(39)42/h1-31H. The van der Waals surface area contributed by atoms with Gasteiger partial charge in [0.25, 0.3) is 0 Å². The van der Waals surface area contributed by atoms with Crippen molar-refractivity contribution in [1.29, 1.82) is 0 Å². The van der Waals surface area contributed by atoms with Crippen LogP contribution in [0.3, 0.4) is 0 Å². The number of fused-ring (bicyclic) bond motifs is 7. The normalized spacial score (nSPS) is 11.6. The molecule has 11 aromatic rings. The summed E-state index contributed by atoms with van der Waals surface area (Å²) in [5, 5.41) is 8.63. The molecular weight excluding hydrogens is 671 g/mol. The van der Waals surface area contributed by atoms with E-state index < -0.39 is 0 Å². The maximum absolute atomic E-state index is 6.74. The van der Waals surface area contributed by atoms with E-state index in [2.05, 4.69) is 170 Å². The molecule has 0 bridgehead atoms. The molecule has 0 atom stereocenters. The largest absolute Gasteiger partial charge is 0.455 e. The van der Waals surface area contributed by atoms with E-state index in [1.165, 1.54) is 5.56 Å². The lowest BCUT2D eigenvalue weighted by atomic mass is 9.93. The molecule has 55 heavy (non-hydrogen) atoms. The Morgan fingerprint density at radius 1 is 0.309 bits per heavy atom. The van der Waals surface area contributed by atoms with Crippen LogP contribution in [0.2, 0.25) is 0 Å². The Hall–Kier alpha value is -7.43. The number of aromatic nitrogens is 3. The summed E-state index contributed by atoms with van der Waals surface area (Å²) in [7, 11) is 0. The monoisotopic (exact) mass is 701 g/mol. The van der Waals surface area contributed by atoms with Gasteiger partial charge in [0.15, 0.2) is 17.5 Å². The third-order valence-corrected chi connectivity index (χ3v) is 10.7. The fourth-order valence-corrected chi connectivity index (χ4v) is 8.12. The van der Waals surface area contributed by atoms with Gasteiger partial charge >= 0.3 is 0 Å². The summed E-state index contributed by atoms with van der Waals surface area (Å²) in [6.45, 7) is 0. The van der Waals surface area contributed by atoms with E-state index in [1.54, 1.807) is 0 Å². The molecular formula is C51H31N3O. The Morgan fingerprint density at radius 2 is 0.873 bits per heavy atom. The summed E-state index contributed by atoms with van der Waals surface area (Å²) in [6.07, 6.45) is 0. The Balaban J connectivity index is 1.23. The first kappa shape index (κ1) is 31.1. The predicted octanol–water partition coefficient (Wildman–Crippen LogP) is 13.6. The third kappa shape index (κ3) is 5.19. The number of nitrogens with zero attached hydrogens (tertiary/aromatic N) is 3. The van der Waals surface area contributed by atoms with Crippen molar-refractivity contribution in [3.05, 3.63) is 188 Å². The van der Waals surface area contributed by atoms with Crippen LogP contribution in [0, 0.1) is 0 Å². The molecule has 0 aliphatic carbocycles. The van der Waals surface area contributed by atoms with Crippen LogP contribution in [0.25, 0.3) is 111 Å². The Bertz CT molecular complexity index is 3260. The van der Waals surface area contributed by atoms with Gasteiger partial charge in [0.1, 0.15) is 11.2 Å². The van der Waals surface area contributed by atoms with Crippen LogP contribution < -0.4 is 0 Å². The summed E-state index contributed by atoms with van der Waals surface area (Å²) in [5.41, 5.74) is 8.98. The zero-order valence-electron chi connectivity index (χ0n) is 29.6. The number of hydrogen-bond acceptors (Lipinski definition) is 4. The van der Waals surface area contributed by atoms with E-state index in [0.717, 1.165) is 87.6 Å². The maximum Gasteiger partial charge on any atom is 0.164 e. The highest BCUT2D eigenvalue weighted by Crippen LogP contribution is 2.44. The van der Waals surface area contributed by atoms with Crippen molar-refractivity contribution in [1.82, 2.24) is 15.0 Å². The summed E-state index contributed by atoms with van der Waals surface area (Å²) < 4.78 is 6.74. The Labute approximate surface area is 317 Å². The lowest BCUT2D eigenvalue weighted by Crippen LogP contribution is -2.01. The zero-order valence-corrected chi connectivity index (χ0v) is 29.6. The van der Waals surface area contributed by atoms with Gasteiger partial charge in [-0.3, -0.25) is 0 Å². The van der Waals surface area contributed by atoms with Gasteiger partial charge in [0.05, 0.1) is 0 Å². The number of rotatable bonds is 5. The van der Waals surface area contributed by atoms with Crippen LogP contribution >= 0.6 is 0 Å². The van der Waals surface area contributed by atoms with Crippen LogP contribution in [0.4, 0.5) is 0 Å². The molecule has 4 nitrogen and oxygen atoms in total. The van der Waals surface area contributed by atoms with Gasteiger partial charge < -0.3 is 4.42 Å². The fraction of sp³-hybridized carbons (Fsp3) is 0. The van der Waals surface area contributed by atoms with Crippen molar-refractivity contribution in [2.24, 2.45) is 0 Å². The van der Waals surface area contributed by atoms with Gasteiger partial charge in [0, 0.05) is 32.8 Å². The predicted molar refractivity (Wildman–Crippen MR) is 227 cm³/mol. The van der Waals surface area contributed by atoms with Crippen molar-refractivity contribution < 1.29 is 4.42 Å². The molecule has 2 heterocycles. The van der Waals surface area contributed by atoms with Crippen LogP contribution in [0.5, 0.6) is 0 Å². The summed E-state index contributed by atoms with van der Waals surface area (Å²) in [5.74, 6) is 1.81. The maximum atomic E-state index is 6.74. The molecule has 0 N–H and O–H groups in total. The lowest BCUT2D eigenvalue weighted by molar-refractivity contribution is 0.672. The van der Waals surface area contributed by atoms with Crippen molar-refractivity contribution in [3.8, 4) is 56.4 Å². The molecule has 0 fully saturated rings. The second-order valence-electron chi connectivity index (χ2n) is 13.9. The van der Waals surface area contributed by atoms with Gasteiger partial charge in [-0.05, 0) is 73.5 Å². The van der Waals surface area contributed by atoms with Crippen LogP contribution in [-0.2, 0) is 0 Å². The smallest absolute Gasteiger partial charge is 0.164 e. The highest BCUT2D eigenvalue weighted by Gasteiger charge is 2.22. The fourth-order valence-electron chi connectivity index (χ4n) is 8.12. The SMILES string of the molecule is c1ccc(-c2ccc(-c3nc(-c4ccc5ccccc5c4)nc(-c4cc5c(-c6ccccc6)cccc5c5oc6ccccc6c45)n3)c3ccccc23)cc1. The number of benzene rings is 9. The zero-order chi connectivity index (χ0) is 36.3. The van der Waals surface area contributed by atoms with Gasteiger partial charge in [-0.25, -0.2) is 15.0 Å². The van der Waals surface area contributed by atoms with Crippen molar-refractivity contribution in [2.45, 2.75) is 0 Å². The van der Waals surface area contributed by atoms with E-state index in [9.17, 15) is 0 Å². The van der Waals surface area contributed by atoms with E-state index in [4.69, 9.17) is 19.4 Å². The highest BCUT2D eigenvalue weighted by atomic mass is 16.3. The number of furan rings is 1. The number of para-hydroxylation sites is 1. The highest BCUT2D eigenvalue weighted by molar-refractivity contribution is 6.22. The lowest BCUT2D eigenvalue weighted by Gasteiger charge is -2.14.